The summed E-state index contributed by atoms with van der Waals surface area (Å²) in [4.78, 5) is 25.6. The highest BCUT2D eigenvalue weighted by molar-refractivity contribution is 5.95. The Balaban J connectivity index is 1.83. The van der Waals surface area contributed by atoms with Crippen LogP contribution in [0.25, 0.3) is 0 Å². The highest BCUT2D eigenvalue weighted by Crippen LogP contribution is 2.23. The minimum Gasteiger partial charge on any atom is -0.398 e. The Morgan fingerprint density at radius 1 is 1.35 bits per heavy atom. The second-order valence-corrected chi connectivity index (χ2v) is 6.74. The maximum atomic E-state index is 12.3. The summed E-state index contributed by atoms with van der Waals surface area (Å²) in [5.74, 6) is -0.702. The number of carbonyl (C=O) groups is 2. The average molecular weight is 371 g/mol. The molecule has 2 rings (SSSR count). The van der Waals surface area contributed by atoms with Crippen molar-refractivity contribution in [1.29, 1.82) is 0 Å². The Morgan fingerprint density at radius 3 is 2.73 bits per heavy atom. The van der Waals surface area contributed by atoms with Gasteiger partial charge in [0, 0.05) is 37.3 Å². The molecule has 1 aliphatic rings. The molecule has 2 amide bonds. The molecule has 1 aromatic carbocycles. The van der Waals surface area contributed by atoms with E-state index in [1.54, 1.807) is 18.2 Å². The molecule has 5 nitrogen and oxygen atoms in total. The summed E-state index contributed by atoms with van der Waals surface area (Å²) < 4.78 is 36.8. The number of hydrogen-bond donors (Lipinski definition) is 2. The summed E-state index contributed by atoms with van der Waals surface area (Å²) in [5.41, 5.74) is 7.69. The molecule has 1 saturated heterocycles. The predicted octanol–water partition coefficient (Wildman–Crippen LogP) is 2.89. The van der Waals surface area contributed by atoms with Gasteiger partial charge in [-0.1, -0.05) is 6.07 Å². The van der Waals surface area contributed by atoms with Crippen LogP contribution in [0, 0.1) is 12.8 Å². The smallest absolute Gasteiger partial charge is 0.389 e. The molecule has 0 spiro atoms. The topological polar surface area (TPSA) is 75.4 Å². The number of carbonyl (C=O) groups excluding carboxylic acids is 2. The van der Waals surface area contributed by atoms with Crippen LogP contribution in [0.2, 0.25) is 0 Å². The normalized spacial score (nSPS) is 17.8. The first kappa shape index (κ1) is 20.1. The number of amides is 2. The molecule has 8 heteroatoms. The summed E-state index contributed by atoms with van der Waals surface area (Å²) in [6.07, 6.45) is -4.41. The zero-order valence-corrected chi connectivity index (χ0v) is 14.7. The molecule has 1 atom stereocenters. The van der Waals surface area contributed by atoms with Gasteiger partial charge in [0.1, 0.15) is 0 Å². The van der Waals surface area contributed by atoms with Crippen molar-refractivity contribution in [3.8, 4) is 0 Å². The summed E-state index contributed by atoms with van der Waals surface area (Å²) >= 11 is 0. The van der Waals surface area contributed by atoms with E-state index in [-0.39, 0.29) is 11.8 Å². The summed E-state index contributed by atoms with van der Waals surface area (Å²) in [6.45, 7) is 3.06. The number of rotatable bonds is 5. The second kappa shape index (κ2) is 8.42. The first-order valence-electron chi connectivity index (χ1n) is 8.64. The lowest BCUT2D eigenvalue weighted by molar-refractivity contribution is -0.150. The van der Waals surface area contributed by atoms with Crippen molar-refractivity contribution in [3.05, 3.63) is 29.3 Å². The maximum absolute atomic E-state index is 12.3. The van der Waals surface area contributed by atoms with Crippen LogP contribution < -0.4 is 11.1 Å². The molecular formula is C18H24F3N3O2. The number of nitrogen functional groups attached to an aromatic ring is 1. The molecule has 1 aromatic rings. The molecule has 1 unspecified atom stereocenters. The number of benzene rings is 1. The molecule has 0 saturated carbocycles. The maximum Gasteiger partial charge on any atom is 0.389 e. The third-order valence-corrected chi connectivity index (χ3v) is 4.59. The van der Waals surface area contributed by atoms with Crippen LogP contribution in [-0.2, 0) is 4.79 Å². The van der Waals surface area contributed by atoms with Crippen molar-refractivity contribution in [1.82, 2.24) is 10.2 Å². The minimum absolute atomic E-state index is 0.0327. The van der Waals surface area contributed by atoms with Gasteiger partial charge in [0.2, 0.25) is 5.91 Å². The standard InChI is InChI=1S/C18H24F3N3O2/c1-12-4-5-14(9-15(12)22)17(26)23-10-13-3-2-8-24(11-13)16(25)6-7-18(19,20)21/h4-5,9,13H,2-3,6-8,10-11,22H2,1H3,(H,23,26). The monoisotopic (exact) mass is 371 g/mol. The largest absolute Gasteiger partial charge is 0.398 e. The SMILES string of the molecule is Cc1ccc(C(=O)NCC2CCCN(C(=O)CCC(F)(F)F)C2)cc1N. The Labute approximate surface area is 150 Å². The number of alkyl halides is 3. The van der Waals surface area contributed by atoms with Crippen molar-refractivity contribution >= 4 is 17.5 Å². The third-order valence-electron chi connectivity index (χ3n) is 4.59. The van der Waals surface area contributed by atoms with Crippen LogP contribution in [0.15, 0.2) is 18.2 Å². The molecule has 144 valence electrons. The van der Waals surface area contributed by atoms with Gasteiger partial charge in [0.25, 0.3) is 5.91 Å². The summed E-state index contributed by atoms with van der Waals surface area (Å²) in [5, 5.41) is 2.82. The zero-order chi connectivity index (χ0) is 19.3. The van der Waals surface area contributed by atoms with E-state index in [4.69, 9.17) is 5.73 Å². The van der Waals surface area contributed by atoms with Crippen LogP contribution in [0.4, 0.5) is 18.9 Å². The number of nitrogens with one attached hydrogen (secondary N) is 1. The van der Waals surface area contributed by atoms with Crippen molar-refractivity contribution in [2.24, 2.45) is 5.92 Å². The lowest BCUT2D eigenvalue weighted by Crippen LogP contribution is -2.43. The Kier molecular flexibility index (Phi) is 6.50. The molecule has 1 heterocycles. The summed E-state index contributed by atoms with van der Waals surface area (Å²) in [6, 6.07) is 5.07. The number of halogens is 3. The highest BCUT2D eigenvalue weighted by atomic mass is 19.4. The minimum atomic E-state index is -4.32. The molecule has 0 aliphatic carbocycles. The Bertz CT molecular complexity index is 662. The van der Waals surface area contributed by atoms with Gasteiger partial charge in [-0.15, -0.1) is 0 Å². The number of anilines is 1. The van der Waals surface area contributed by atoms with Gasteiger partial charge in [-0.25, -0.2) is 0 Å². The molecule has 0 bridgehead atoms. The quantitative estimate of drug-likeness (QED) is 0.782. The fourth-order valence-electron chi connectivity index (χ4n) is 2.99. The average Bonchev–Trinajstić information content (AvgIpc) is 2.59. The Hall–Kier alpha value is -2.25. The van der Waals surface area contributed by atoms with Gasteiger partial charge in [0.05, 0.1) is 6.42 Å². The number of hydrogen-bond acceptors (Lipinski definition) is 3. The van der Waals surface area contributed by atoms with E-state index in [0.717, 1.165) is 18.4 Å². The molecule has 1 aliphatic heterocycles. The van der Waals surface area contributed by atoms with Crippen LogP contribution in [0.5, 0.6) is 0 Å². The lowest BCUT2D eigenvalue weighted by Gasteiger charge is -2.33. The number of nitrogens with two attached hydrogens (primary N) is 1. The van der Waals surface area contributed by atoms with Crippen molar-refractivity contribution < 1.29 is 22.8 Å². The van der Waals surface area contributed by atoms with Crippen LogP contribution in [-0.4, -0.2) is 42.5 Å². The fourth-order valence-corrected chi connectivity index (χ4v) is 2.99. The van der Waals surface area contributed by atoms with Crippen molar-refractivity contribution in [2.75, 3.05) is 25.4 Å². The number of aryl methyl sites for hydroxylation is 1. The molecule has 0 aromatic heterocycles. The van der Waals surface area contributed by atoms with Crippen LogP contribution in [0.3, 0.4) is 0 Å². The van der Waals surface area contributed by atoms with E-state index < -0.39 is 24.9 Å². The van der Waals surface area contributed by atoms with Crippen LogP contribution in [0.1, 0.15) is 41.6 Å². The number of nitrogens with zero attached hydrogens (tertiary/aromatic N) is 1. The van der Waals surface area contributed by atoms with E-state index in [0.29, 0.717) is 30.9 Å². The van der Waals surface area contributed by atoms with Crippen molar-refractivity contribution in [2.45, 2.75) is 38.8 Å². The summed E-state index contributed by atoms with van der Waals surface area (Å²) in [7, 11) is 0. The molecular weight excluding hydrogens is 347 g/mol. The molecule has 26 heavy (non-hydrogen) atoms. The van der Waals surface area contributed by atoms with Gasteiger partial charge in [-0.3, -0.25) is 9.59 Å². The van der Waals surface area contributed by atoms with Crippen LogP contribution >= 0.6 is 0 Å². The molecule has 1 fully saturated rings. The number of piperidine rings is 1. The number of likely N-dealkylation sites (tertiary alicyclic amines) is 1. The van der Waals surface area contributed by atoms with Gasteiger partial charge in [-0.2, -0.15) is 13.2 Å². The zero-order valence-electron chi connectivity index (χ0n) is 14.7. The van der Waals surface area contributed by atoms with Gasteiger partial charge < -0.3 is 16.0 Å². The first-order valence-corrected chi connectivity index (χ1v) is 8.64. The fraction of sp³-hybridized carbons (Fsp3) is 0.556. The lowest BCUT2D eigenvalue weighted by atomic mass is 9.97. The predicted molar refractivity (Wildman–Crippen MR) is 92.5 cm³/mol. The van der Waals surface area contributed by atoms with E-state index in [9.17, 15) is 22.8 Å². The molecule has 0 radical (unpaired) electrons. The van der Waals surface area contributed by atoms with Gasteiger partial charge in [0.15, 0.2) is 0 Å². The molecule has 3 N–H and O–H groups in total. The van der Waals surface area contributed by atoms with E-state index >= 15 is 0 Å². The third kappa shape index (κ3) is 5.93. The Morgan fingerprint density at radius 2 is 2.08 bits per heavy atom. The van der Waals surface area contributed by atoms with E-state index in [1.807, 2.05) is 6.92 Å². The van der Waals surface area contributed by atoms with Gasteiger partial charge >= 0.3 is 6.18 Å². The van der Waals surface area contributed by atoms with E-state index in [2.05, 4.69) is 5.32 Å². The van der Waals surface area contributed by atoms with E-state index in [1.165, 1.54) is 4.90 Å². The first-order chi connectivity index (χ1) is 12.2. The van der Waals surface area contributed by atoms with Crippen molar-refractivity contribution in [3.63, 3.8) is 0 Å². The highest BCUT2D eigenvalue weighted by Gasteiger charge is 2.30. The van der Waals surface area contributed by atoms with Gasteiger partial charge in [-0.05, 0) is 43.4 Å². The second-order valence-electron chi connectivity index (χ2n) is 6.74.